The largest absolute Gasteiger partial charge is 0.480 e. The highest BCUT2D eigenvalue weighted by Crippen LogP contribution is 2.60. The number of rotatable bonds is 3. The SMILES string of the molecule is O=C(NC1(C(=O)O)CCCC1)C1CC12CCS(=O)(=O)CC2. The molecule has 1 unspecified atom stereocenters. The molecule has 0 aromatic rings. The molecule has 21 heavy (non-hydrogen) atoms. The summed E-state index contributed by atoms with van der Waals surface area (Å²) in [7, 11) is -2.94. The predicted molar refractivity (Wildman–Crippen MR) is 75.4 cm³/mol. The summed E-state index contributed by atoms with van der Waals surface area (Å²) < 4.78 is 23.0. The number of aliphatic carboxylic acids is 1. The first kappa shape index (κ1) is 14.8. The molecule has 0 aromatic carbocycles. The highest BCUT2D eigenvalue weighted by atomic mass is 32.2. The molecule has 2 saturated carbocycles. The lowest BCUT2D eigenvalue weighted by atomic mass is 9.94. The third kappa shape index (κ3) is 2.56. The second-order valence-electron chi connectivity index (χ2n) is 6.85. The van der Waals surface area contributed by atoms with Crippen LogP contribution < -0.4 is 5.32 Å². The Morgan fingerprint density at radius 3 is 2.14 bits per heavy atom. The third-order valence-electron chi connectivity index (χ3n) is 5.56. The number of carboxylic acids is 1. The topological polar surface area (TPSA) is 101 Å². The van der Waals surface area contributed by atoms with E-state index >= 15 is 0 Å². The lowest BCUT2D eigenvalue weighted by Gasteiger charge is -2.27. The summed E-state index contributed by atoms with van der Waals surface area (Å²) in [5.41, 5.74) is -1.28. The first-order chi connectivity index (χ1) is 9.79. The van der Waals surface area contributed by atoms with Crippen LogP contribution in [0.5, 0.6) is 0 Å². The number of carbonyl (C=O) groups excluding carboxylic acids is 1. The van der Waals surface area contributed by atoms with Crippen LogP contribution in [0.1, 0.15) is 44.9 Å². The van der Waals surface area contributed by atoms with Crippen LogP contribution >= 0.6 is 0 Å². The lowest BCUT2D eigenvalue weighted by Crippen LogP contribution is -2.53. The number of amides is 1. The number of sulfone groups is 1. The van der Waals surface area contributed by atoms with E-state index in [2.05, 4.69) is 5.32 Å². The molecule has 0 radical (unpaired) electrons. The number of hydrogen-bond donors (Lipinski definition) is 2. The fraction of sp³-hybridized carbons (Fsp3) is 0.857. The standard InChI is InChI=1S/C14H21NO5S/c16-11(15-14(12(17)18)3-1-2-4-14)10-9-13(10)5-7-21(19,20)8-6-13/h10H,1-9H2,(H,15,16)(H,17,18). The van der Waals surface area contributed by atoms with Gasteiger partial charge in [0.2, 0.25) is 5.91 Å². The molecule has 1 aliphatic heterocycles. The smallest absolute Gasteiger partial charge is 0.329 e. The van der Waals surface area contributed by atoms with E-state index in [1.807, 2.05) is 0 Å². The van der Waals surface area contributed by atoms with E-state index in [9.17, 15) is 23.1 Å². The van der Waals surface area contributed by atoms with Gasteiger partial charge in [-0.15, -0.1) is 0 Å². The van der Waals surface area contributed by atoms with Gasteiger partial charge in [-0.25, -0.2) is 13.2 Å². The van der Waals surface area contributed by atoms with Crippen LogP contribution in [0.4, 0.5) is 0 Å². The van der Waals surface area contributed by atoms with Crippen molar-refractivity contribution in [2.24, 2.45) is 11.3 Å². The van der Waals surface area contributed by atoms with Gasteiger partial charge in [-0.2, -0.15) is 0 Å². The molecular weight excluding hydrogens is 294 g/mol. The lowest BCUT2D eigenvalue weighted by molar-refractivity contribution is -0.147. The van der Waals surface area contributed by atoms with E-state index in [0.717, 1.165) is 12.8 Å². The highest BCUT2D eigenvalue weighted by molar-refractivity contribution is 7.91. The van der Waals surface area contributed by atoms with Gasteiger partial charge in [0.1, 0.15) is 15.4 Å². The zero-order valence-corrected chi connectivity index (χ0v) is 12.7. The average molecular weight is 315 g/mol. The molecule has 118 valence electrons. The van der Waals surface area contributed by atoms with Crippen LogP contribution in [0, 0.1) is 11.3 Å². The average Bonchev–Trinajstić information content (AvgIpc) is 2.92. The summed E-state index contributed by atoms with van der Waals surface area (Å²) in [6.45, 7) is 0. The number of nitrogens with one attached hydrogen (secondary N) is 1. The Hall–Kier alpha value is -1.11. The first-order valence-electron chi connectivity index (χ1n) is 7.55. The van der Waals surface area contributed by atoms with Gasteiger partial charge in [-0.3, -0.25) is 4.79 Å². The van der Waals surface area contributed by atoms with Gasteiger partial charge >= 0.3 is 5.97 Å². The van der Waals surface area contributed by atoms with Crippen molar-refractivity contribution in [2.75, 3.05) is 11.5 Å². The maximum Gasteiger partial charge on any atom is 0.329 e. The fourth-order valence-electron chi connectivity index (χ4n) is 3.91. The summed E-state index contributed by atoms with van der Waals surface area (Å²) >= 11 is 0. The summed E-state index contributed by atoms with van der Waals surface area (Å²) in [5.74, 6) is -1.04. The number of hydrogen-bond acceptors (Lipinski definition) is 4. The van der Waals surface area contributed by atoms with Crippen molar-refractivity contribution >= 4 is 21.7 Å². The van der Waals surface area contributed by atoms with Crippen LogP contribution in [-0.2, 0) is 19.4 Å². The summed E-state index contributed by atoms with van der Waals surface area (Å²) in [4.78, 5) is 23.8. The maximum atomic E-state index is 12.4. The van der Waals surface area contributed by atoms with Crippen molar-refractivity contribution in [3.63, 3.8) is 0 Å². The zero-order valence-electron chi connectivity index (χ0n) is 11.9. The molecule has 7 heteroatoms. The molecule has 3 rings (SSSR count). The second kappa shape index (κ2) is 4.69. The van der Waals surface area contributed by atoms with Gasteiger partial charge in [-0.1, -0.05) is 12.8 Å². The minimum absolute atomic E-state index is 0.154. The van der Waals surface area contributed by atoms with Gasteiger partial charge in [0, 0.05) is 5.92 Å². The van der Waals surface area contributed by atoms with Crippen molar-refractivity contribution in [1.82, 2.24) is 5.32 Å². The number of carbonyl (C=O) groups is 2. The molecule has 3 fully saturated rings. The van der Waals surface area contributed by atoms with Gasteiger partial charge in [0.15, 0.2) is 0 Å². The zero-order chi connectivity index (χ0) is 15.3. The highest BCUT2D eigenvalue weighted by Gasteiger charge is 2.60. The van der Waals surface area contributed by atoms with Crippen molar-refractivity contribution < 1.29 is 23.1 Å². The Morgan fingerprint density at radius 2 is 1.62 bits per heavy atom. The molecular formula is C14H21NO5S. The Kier molecular flexibility index (Phi) is 3.31. The van der Waals surface area contributed by atoms with Gasteiger partial charge in [-0.05, 0) is 37.5 Å². The molecule has 2 N–H and O–H groups in total. The Labute approximate surface area is 124 Å². The predicted octanol–water partition coefficient (Wildman–Crippen LogP) is 0.715. The molecule has 0 aromatic heterocycles. The molecule has 3 aliphatic rings. The molecule has 2 aliphatic carbocycles. The molecule has 1 spiro atoms. The molecule has 1 saturated heterocycles. The van der Waals surface area contributed by atoms with Crippen molar-refractivity contribution in [3.8, 4) is 0 Å². The Bertz CT molecular complexity index is 562. The van der Waals surface area contributed by atoms with Crippen LogP contribution in [0.2, 0.25) is 0 Å². The molecule has 1 heterocycles. The summed E-state index contributed by atoms with van der Waals surface area (Å²) in [6, 6.07) is 0. The van der Waals surface area contributed by atoms with E-state index < -0.39 is 21.3 Å². The van der Waals surface area contributed by atoms with E-state index in [1.54, 1.807) is 0 Å². The first-order valence-corrected chi connectivity index (χ1v) is 9.37. The van der Waals surface area contributed by atoms with Crippen molar-refractivity contribution in [2.45, 2.75) is 50.5 Å². The van der Waals surface area contributed by atoms with Gasteiger partial charge < -0.3 is 10.4 Å². The van der Waals surface area contributed by atoms with Crippen LogP contribution in [0.3, 0.4) is 0 Å². The fourth-order valence-corrected chi connectivity index (χ4v) is 5.55. The maximum absolute atomic E-state index is 12.4. The quantitative estimate of drug-likeness (QED) is 0.799. The molecule has 1 amide bonds. The van der Waals surface area contributed by atoms with E-state index in [4.69, 9.17) is 0 Å². The minimum atomic E-state index is -2.94. The van der Waals surface area contributed by atoms with Crippen LogP contribution in [0.15, 0.2) is 0 Å². The number of carboxylic acid groups (broad SMARTS) is 1. The normalized spacial score (nSPS) is 31.7. The molecule has 0 bridgehead atoms. The summed E-state index contributed by atoms with van der Waals surface area (Å²) in [5, 5.41) is 12.1. The van der Waals surface area contributed by atoms with Crippen LogP contribution in [0.25, 0.3) is 0 Å². The van der Waals surface area contributed by atoms with Crippen molar-refractivity contribution in [3.05, 3.63) is 0 Å². The third-order valence-corrected chi connectivity index (χ3v) is 7.21. The van der Waals surface area contributed by atoms with E-state index in [0.29, 0.717) is 32.1 Å². The molecule has 6 nitrogen and oxygen atoms in total. The van der Waals surface area contributed by atoms with Crippen LogP contribution in [-0.4, -0.2) is 42.4 Å². The monoisotopic (exact) mass is 315 g/mol. The second-order valence-corrected chi connectivity index (χ2v) is 9.16. The minimum Gasteiger partial charge on any atom is -0.480 e. The Balaban J connectivity index is 1.64. The van der Waals surface area contributed by atoms with E-state index in [-0.39, 0.29) is 28.7 Å². The Morgan fingerprint density at radius 1 is 1.05 bits per heavy atom. The van der Waals surface area contributed by atoms with Gasteiger partial charge in [0.25, 0.3) is 0 Å². The molecule has 1 atom stereocenters. The van der Waals surface area contributed by atoms with E-state index in [1.165, 1.54) is 0 Å². The van der Waals surface area contributed by atoms with Gasteiger partial charge in [0.05, 0.1) is 11.5 Å². The van der Waals surface area contributed by atoms with Crippen molar-refractivity contribution in [1.29, 1.82) is 0 Å². The summed E-state index contributed by atoms with van der Waals surface area (Å²) in [6.07, 6.45) is 4.39.